The lowest BCUT2D eigenvalue weighted by Crippen LogP contribution is -2.45. The maximum Gasteiger partial charge on any atom is 0.425 e. The standard InChI is InChI=1S/C30H43BrN4O6/c1-28(2,3)39-25(36)33-20-12-14-34(15-13-20)18-19-10-11-21-22(16-19)23(31)17-32-24(21)35(26(37)40-29(4,5)6)27(38)41-30(7,8)9/h10-11,16-17,20H,12-15,18H2,1-9H3,(H,33,36). The number of anilines is 1. The number of carbonyl (C=O) groups is 3. The Morgan fingerprint density at radius 2 is 1.44 bits per heavy atom. The molecule has 0 spiro atoms. The predicted molar refractivity (Wildman–Crippen MR) is 162 cm³/mol. The van der Waals surface area contributed by atoms with Gasteiger partial charge in [-0.2, -0.15) is 4.90 Å². The molecule has 1 aromatic carbocycles. The van der Waals surface area contributed by atoms with Gasteiger partial charge in [-0.05, 0) is 103 Å². The first-order valence-corrected chi connectivity index (χ1v) is 14.7. The summed E-state index contributed by atoms with van der Waals surface area (Å²) in [5, 5.41) is 4.37. The fourth-order valence-electron chi connectivity index (χ4n) is 4.35. The molecule has 0 radical (unpaired) electrons. The van der Waals surface area contributed by atoms with Crippen molar-refractivity contribution in [1.29, 1.82) is 0 Å². The average Bonchev–Trinajstić information content (AvgIpc) is 2.78. The van der Waals surface area contributed by atoms with Gasteiger partial charge in [-0.25, -0.2) is 19.4 Å². The number of amides is 3. The van der Waals surface area contributed by atoms with Crippen LogP contribution in [0.1, 0.15) is 80.7 Å². The second-order valence-corrected chi connectivity index (χ2v) is 14.2. The fourth-order valence-corrected chi connectivity index (χ4v) is 4.78. The third-order valence-corrected chi connectivity index (χ3v) is 6.59. The summed E-state index contributed by atoms with van der Waals surface area (Å²) in [4.78, 5) is 46.2. The van der Waals surface area contributed by atoms with Crippen LogP contribution in [-0.4, -0.2) is 64.1 Å². The van der Waals surface area contributed by atoms with E-state index in [1.165, 1.54) is 0 Å². The Morgan fingerprint density at radius 3 is 1.95 bits per heavy atom. The van der Waals surface area contributed by atoms with Crippen LogP contribution < -0.4 is 10.2 Å². The van der Waals surface area contributed by atoms with E-state index in [1.54, 1.807) is 47.7 Å². The van der Waals surface area contributed by atoms with Crippen molar-refractivity contribution < 1.29 is 28.6 Å². The highest BCUT2D eigenvalue weighted by atomic mass is 79.9. The largest absolute Gasteiger partial charge is 0.444 e. The third-order valence-electron chi connectivity index (χ3n) is 5.96. The number of likely N-dealkylation sites (tertiary alicyclic amines) is 1. The molecule has 1 fully saturated rings. The zero-order chi connectivity index (χ0) is 30.8. The number of ether oxygens (including phenoxy) is 3. The topological polar surface area (TPSA) is 110 Å². The van der Waals surface area contributed by atoms with Gasteiger partial charge in [-0.15, -0.1) is 0 Å². The molecule has 0 atom stereocenters. The van der Waals surface area contributed by atoms with Gasteiger partial charge in [0.1, 0.15) is 16.8 Å². The van der Waals surface area contributed by atoms with Crippen LogP contribution in [0.25, 0.3) is 10.8 Å². The Morgan fingerprint density at radius 1 is 0.902 bits per heavy atom. The number of pyridine rings is 1. The number of rotatable bonds is 4. The number of hydrogen-bond acceptors (Lipinski definition) is 8. The van der Waals surface area contributed by atoms with Crippen LogP contribution >= 0.6 is 15.9 Å². The lowest BCUT2D eigenvalue weighted by atomic mass is 10.0. The first-order valence-electron chi connectivity index (χ1n) is 13.9. The summed E-state index contributed by atoms with van der Waals surface area (Å²) >= 11 is 3.58. The Labute approximate surface area is 251 Å². The summed E-state index contributed by atoms with van der Waals surface area (Å²) in [6.07, 6.45) is 1.10. The molecule has 1 aromatic heterocycles. The first kappa shape index (κ1) is 32.6. The monoisotopic (exact) mass is 634 g/mol. The summed E-state index contributed by atoms with van der Waals surface area (Å²) in [6.45, 7) is 18.3. The van der Waals surface area contributed by atoms with Crippen LogP contribution in [0.4, 0.5) is 20.2 Å². The molecule has 3 rings (SSSR count). The number of imide groups is 1. The number of piperidine rings is 1. The van der Waals surface area contributed by atoms with Crippen molar-refractivity contribution in [3.05, 3.63) is 34.4 Å². The van der Waals surface area contributed by atoms with Crippen molar-refractivity contribution in [1.82, 2.24) is 15.2 Å². The maximum atomic E-state index is 13.2. The zero-order valence-corrected chi connectivity index (χ0v) is 27.2. The molecule has 0 bridgehead atoms. The predicted octanol–water partition coefficient (Wildman–Crippen LogP) is 7.16. The van der Waals surface area contributed by atoms with Gasteiger partial charge in [-0.3, -0.25) is 4.90 Å². The van der Waals surface area contributed by atoms with Gasteiger partial charge in [-0.1, -0.05) is 12.1 Å². The van der Waals surface area contributed by atoms with Crippen LogP contribution in [-0.2, 0) is 20.8 Å². The molecular formula is C30H43BrN4O6. The molecule has 1 aliphatic heterocycles. The molecule has 11 heteroatoms. The van der Waals surface area contributed by atoms with Crippen molar-refractivity contribution in [2.45, 2.75) is 105 Å². The van der Waals surface area contributed by atoms with Gasteiger partial charge in [0, 0.05) is 47.1 Å². The minimum Gasteiger partial charge on any atom is -0.444 e. The minimum atomic E-state index is -0.866. The highest BCUT2D eigenvalue weighted by molar-refractivity contribution is 9.10. The van der Waals surface area contributed by atoms with Crippen molar-refractivity contribution in [3.63, 3.8) is 0 Å². The molecule has 0 unspecified atom stereocenters. The SMILES string of the molecule is CC(C)(C)OC(=O)NC1CCN(Cc2ccc3c(N(C(=O)OC(C)(C)C)C(=O)OC(C)(C)C)ncc(Br)c3c2)CC1. The Kier molecular flexibility index (Phi) is 9.96. The molecule has 10 nitrogen and oxygen atoms in total. The van der Waals surface area contributed by atoms with Crippen LogP contribution in [0, 0.1) is 0 Å². The number of hydrogen-bond donors (Lipinski definition) is 1. The number of aromatic nitrogens is 1. The third kappa shape index (κ3) is 9.85. The molecule has 0 saturated carbocycles. The van der Waals surface area contributed by atoms with Crippen molar-refractivity contribution >= 4 is 50.8 Å². The Balaban J connectivity index is 1.81. The number of benzene rings is 1. The highest BCUT2D eigenvalue weighted by Crippen LogP contribution is 2.33. The number of carbonyl (C=O) groups excluding carboxylic acids is 3. The van der Waals surface area contributed by atoms with Crippen LogP contribution in [0.3, 0.4) is 0 Å². The molecule has 2 aromatic rings. The summed E-state index contributed by atoms with van der Waals surface area (Å²) in [6, 6.07) is 5.92. The summed E-state index contributed by atoms with van der Waals surface area (Å²) in [5.74, 6) is 0.132. The lowest BCUT2D eigenvalue weighted by Gasteiger charge is -2.33. The molecule has 1 aliphatic rings. The maximum absolute atomic E-state index is 13.2. The fraction of sp³-hybridized carbons (Fsp3) is 0.600. The highest BCUT2D eigenvalue weighted by Gasteiger charge is 2.35. The molecule has 41 heavy (non-hydrogen) atoms. The average molecular weight is 636 g/mol. The molecule has 2 heterocycles. The summed E-state index contributed by atoms with van der Waals surface area (Å²) < 4.78 is 17.2. The van der Waals surface area contributed by atoms with Crippen LogP contribution in [0.5, 0.6) is 0 Å². The van der Waals surface area contributed by atoms with E-state index in [1.807, 2.05) is 39.0 Å². The second-order valence-electron chi connectivity index (χ2n) is 13.3. The number of fused-ring (bicyclic) bond motifs is 1. The molecule has 1 N–H and O–H groups in total. The van der Waals surface area contributed by atoms with E-state index in [9.17, 15) is 14.4 Å². The quantitative estimate of drug-likeness (QED) is 0.353. The molecule has 1 saturated heterocycles. The Bertz CT molecular complexity index is 1240. The Hall–Kier alpha value is -2.92. The van der Waals surface area contributed by atoms with Gasteiger partial charge in [0.05, 0.1) is 0 Å². The van der Waals surface area contributed by atoms with E-state index in [-0.39, 0.29) is 18.0 Å². The van der Waals surface area contributed by atoms with Crippen molar-refractivity contribution in [2.75, 3.05) is 18.0 Å². The molecule has 0 aliphatic carbocycles. The summed E-state index contributed by atoms with van der Waals surface area (Å²) in [7, 11) is 0. The number of halogens is 1. The van der Waals surface area contributed by atoms with E-state index >= 15 is 0 Å². The van der Waals surface area contributed by atoms with Gasteiger partial charge in [0.2, 0.25) is 0 Å². The molecular weight excluding hydrogens is 592 g/mol. The second kappa shape index (κ2) is 12.5. The first-order chi connectivity index (χ1) is 18.8. The van der Waals surface area contributed by atoms with E-state index < -0.39 is 29.0 Å². The normalized spacial score (nSPS) is 15.4. The van der Waals surface area contributed by atoms with Gasteiger partial charge in [0.25, 0.3) is 0 Å². The minimum absolute atomic E-state index is 0.0761. The van der Waals surface area contributed by atoms with Gasteiger partial charge >= 0.3 is 18.3 Å². The molecule has 3 amide bonds. The van der Waals surface area contributed by atoms with Crippen LogP contribution in [0.15, 0.2) is 28.9 Å². The lowest BCUT2D eigenvalue weighted by molar-refractivity contribution is 0.0424. The zero-order valence-electron chi connectivity index (χ0n) is 25.6. The van der Waals surface area contributed by atoms with Gasteiger partial charge < -0.3 is 19.5 Å². The summed E-state index contributed by atoms with van der Waals surface area (Å²) in [5.41, 5.74) is -1.12. The smallest absolute Gasteiger partial charge is 0.425 e. The number of nitrogens with one attached hydrogen (secondary N) is 1. The van der Waals surface area contributed by atoms with E-state index in [2.05, 4.69) is 31.1 Å². The van der Waals surface area contributed by atoms with Gasteiger partial charge in [0.15, 0.2) is 5.82 Å². The van der Waals surface area contributed by atoms with E-state index in [4.69, 9.17) is 14.2 Å². The van der Waals surface area contributed by atoms with Crippen molar-refractivity contribution in [2.24, 2.45) is 0 Å². The van der Waals surface area contributed by atoms with E-state index in [0.717, 1.165) is 46.3 Å². The van der Waals surface area contributed by atoms with Crippen LogP contribution in [0.2, 0.25) is 0 Å². The number of alkyl carbamates (subject to hydrolysis) is 1. The molecule has 226 valence electrons. The number of nitrogens with zero attached hydrogens (tertiary/aromatic N) is 3. The van der Waals surface area contributed by atoms with Crippen molar-refractivity contribution in [3.8, 4) is 0 Å². The van der Waals surface area contributed by atoms with E-state index in [0.29, 0.717) is 11.9 Å².